The summed E-state index contributed by atoms with van der Waals surface area (Å²) in [6, 6.07) is 11.4. The Labute approximate surface area is 157 Å². The molecule has 7 heteroatoms. The summed E-state index contributed by atoms with van der Waals surface area (Å²) < 4.78 is 5.57. The number of anilines is 1. The predicted octanol–water partition coefficient (Wildman–Crippen LogP) is 2.11. The summed E-state index contributed by atoms with van der Waals surface area (Å²) in [6.07, 6.45) is 0. The molecule has 0 fully saturated rings. The highest BCUT2D eigenvalue weighted by molar-refractivity contribution is 6.38. The Kier molecular flexibility index (Phi) is 6.54. The van der Waals surface area contributed by atoms with Gasteiger partial charge in [-0.1, -0.05) is 29.8 Å². The second kappa shape index (κ2) is 8.84. The molecule has 2 aromatic carbocycles. The van der Waals surface area contributed by atoms with Crippen molar-refractivity contribution in [2.24, 2.45) is 0 Å². The van der Waals surface area contributed by atoms with Gasteiger partial charge in [0.15, 0.2) is 0 Å². The molecule has 0 aromatic heterocycles. The highest BCUT2D eigenvalue weighted by Crippen LogP contribution is 2.26. The second-order valence-electron chi connectivity index (χ2n) is 6.04. The maximum Gasteiger partial charge on any atom is 0.316 e. The smallest absolute Gasteiger partial charge is 0.316 e. The number of rotatable bonds is 5. The zero-order valence-corrected chi connectivity index (χ0v) is 15.5. The first-order chi connectivity index (χ1) is 12.8. The quantitative estimate of drug-likeness (QED) is 0.552. The van der Waals surface area contributed by atoms with Crippen LogP contribution in [0.25, 0.3) is 0 Å². The lowest BCUT2D eigenvalue weighted by atomic mass is 10.0. The highest BCUT2D eigenvalue weighted by Gasteiger charge is 2.22. The Balaban J connectivity index is 2.06. The number of carbonyl (C=O) groups excluding carboxylic acids is 3. The Hall–Kier alpha value is -3.35. The number of amides is 3. The van der Waals surface area contributed by atoms with Crippen molar-refractivity contribution in [3.05, 3.63) is 59.2 Å². The van der Waals surface area contributed by atoms with Gasteiger partial charge in [-0.2, -0.15) is 0 Å². The van der Waals surface area contributed by atoms with E-state index in [-0.39, 0.29) is 11.3 Å². The van der Waals surface area contributed by atoms with Gasteiger partial charge in [0.25, 0.3) is 5.91 Å². The van der Waals surface area contributed by atoms with Crippen LogP contribution in [-0.2, 0) is 9.59 Å². The largest absolute Gasteiger partial charge is 0.494 e. The first kappa shape index (κ1) is 20.0. The SMILES string of the molecule is CCOc1ccc(C)cc1C(C)NC(=O)C(=O)NC(=O)c1ccccc1N. The van der Waals surface area contributed by atoms with Crippen molar-refractivity contribution in [1.29, 1.82) is 0 Å². The minimum absolute atomic E-state index is 0.129. The number of aryl methyl sites for hydroxylation is 1. The molecule has 0 aliphatic carbocycles. The second-order valence-corrected chi connectivity index (χ2v) is 6.04. The van der Waals surface area contributed by atoms with Crippen LogP contribution in [0.3, 0.4) is 0 Å². The van der Waals surface area contributed by atoms with E-state index in [9.17, 15) is 14.4 Å². The average Bonchev–Trinajstić information content (AvgIpc) is 2.63. The van der Waals surface area contributed by atoms with Gasteiger partial charge in [0.2, 0.25) is 0 Å². The maximum absolute atomic E-state index is 12.2. The Morgan fingerprint density at radius 3 is 2.48 bits per heavy atom. The lowest BCUT2D eigenvalue weighted by Crippen LogP contribution is -2.43. The van der Waals surface area contributed by atoms with Crippen molar-refractivity contribution in [3.63, 3.8) is 0 Å². The van der Waals surface area contributed by atoms with E-state index in [1.807, 2.05) is 37.4 Å². The van der Waals surface area contributed by atoms with Gasteiger partial charge in [-0.25, -0.2) is 0 Å². The van der Waals surface area contributed by atoms with E-state index >= 15 is 0 Å². The fraction of sp³-hybridized carbons (Fsp3) is 0.250. The molecule has 0 aliphatic heterocycles. The van der Waals surface area contributed by atoms with Crippen LogP contribution in [0.1, 0.15) is 41.4 Å². The van der Waals surface area contributed by atoms with Gasteiger partial charge < -0.3 is 15.8 Å². The molecule has 0 aliphatic rings. The van der Waals surface area contributed by atoms with Crippen LogP contribution in [0.4, 0.5) is 5.69 Å². The molecule has 1 atom stereocenters. The van der Waals surface area contributed by atoms with Crippen molar-refractivity contribution < 1.29 is 19.1 Å². The summed E-state index contributed by atoms with van der Waals surface area (Å²) in [5, 5.41) is 4.62. The molecule has 142 valence electrons. The maximum atomic E-state index is 12.2. The van der Waals surface area contributed by atoms with Crippen LogP contribution >= 0.6 is 0 Å². The monoisotopic (exact) mass is 369 g/mol. The lowest BCUT2D eigenvalue weighted by molar-refractivity contribution is -0.139. The first-order valence-corrected chi connectivity index (χ1v) is 8.57. The van der Waals surface area contributed by atoms with E-state index in [4.69, 9.17) is 10.5 Å². The molecule has 2 rings (SSSR count). The molecule has 0 bridgehead atoms. The Morgan fingerprint density at radius 2 is 1.81 bits per heavy atom. The zero-order valence-electron chi connectivity index (χ0n) is 15.5. The van der Waals surface area contributed by atoms with Gasteiger partial charge in [-0.05, 0) is 39.0 Å². The number of nitrogen functional groups attached to an aromatic ring is 1. The number of nitrogens with two attached hydrogens (primary N) is 1. The van der Waals surface area contributed by atoms with Gasteiger partial charge in [0.1, 0.15) is 5.75 Å². The van der Waals surface area contributed by atoms with E-state index < -0.39 is 23.8 Å². The van der Waals surface area contributed by atoms with Gasteiger partial charge in [-0.15, -0.1) is 0 Å². The first-order valence-electron chi connectivity index (χ1n) is 8.57. The molecule has 0 radical (unpaired) electrons. The molecular weight excluding hydrogens is 346 g/mol. The number of nitrogens with one attached hydrogen (secondary N) is 2. The Morgan fingerprint density at radius 1 is 1.11 bits per heavy atom. The number of hydrogen-bond acceptors (Lipinski definition) is 5. The van der Waals surface area contributed by atoms with Gasteiger partial charge in [-0.3, -0.25) is 19.7 Å². The molecule has 0 heterocycles. The number of benzene rings is 2. The normalized spacial score (nSPS) is 11.4. The molecule has 27 heavy (non-hydrogen) atoms. The van der Waals surface area contributed by atoms with Crippen LogP contribution in [0.2, 0.25) is 0 Å². The molecule has 0 saturated heterocycles. The fourth-order valence-electron chi connectivity index (χ4n) is 2.56. The zero-order chi connectivity index (χ0) is 20.0. The van der Waals surface area contributed by atoms with Crippen molar-refractivity contribution >= 4 is 23.4 Å². The van der Waals surface area contributed by atoms with Crippen LogP contribution in [0, 0.1) is 6.92 Å². The third kappa shape index (κ3) is 5.07. The number of imide groups is 1. The minimum atomic E-state index is -1.05. The van der Waals surface area contributed by atoms with Crippen molar-refractivity contribution in [3.8, 4) is 5.75 Å². The lowest BCUT2D eigenvalue weighted by Gasteiger charge is -2.18. The summed E-state index contributed by atoms with van der Waals surface area (Å²) >= 11 is 0. The highest BCUT2D eigenvalue weighted by atomic mass is 16.5. The van der Waals surface area contributed by atoms with Gasteiger partial charge in [0, 0.05) is 11.3 Å². The molecule has 3 amide bonds. The molecule has 0 saturated carbocycles. The fourth-order valence-corrected chi connectivity index (χ4v) is 2.56. The topological polar surface area (TPSA) is 111 Å². The predicted molar refractivity (Wildman–Crippen MR) is 102 cm³/mol. The number of para-hydroxylation sites is 1. The summed E-state index contributed by atoms with van der Waals surface area (Å²) in [6.45, 7) is 5.99. The standard InChI is InChI=1S/C20H23N3O4/c1-4-27-17-10-9-12(2)11-15(17)13(3)22-19(25)20(26)23-18(24)14-7-5-6-8-16(14)21/h5-11,13H,4,21H2,1-3H3,(H,22,25)(H,23,24,26). The number of carbonyl (C=O) groups is 3. The van der Waals surface area contributed by atoms with Gasteiger partial charge >= 0.3 is 11.8 Å². The summed E-state index contributed by atoms with van der Waals surface area (Å²) in [4.78, 5) is 36.4. The van der Waals surface area contributed by atoms with Crippen LogP contribution < -0.4 is 21.1 Å². The van der Waals surface area contributed by atoms with Crippen LogP contribution in [0.5, 0.6) is 5.75 Å². The van der Waals surface area contributed by atoms with Crippen LogP contribution in [0.15, 0.2) is 42.5 Å². The van der Waals surface area contributed by atoms with Crippen molar-refractivity contribution in [1.82, 2.24) is 10.6 Å². The average molecular weight is 369 g/mol. The van der Waals surface area contributed by atoms with E-state index in [1.54, 1.807) is 19.1 Å². The Bertz CT molecular complexity index is 864. The summed E-state index contributed by atoms with van der Waals surface area (Å²) in [5.41, 5.74) is 7.79. The molecule has 1 unspecified atom stereocenters. The molecule has 7 nitrogen and oxygen atoms in total. The van der Waals surface area contributed by atoms with E-state index in [0.717, 1.165) is 11.1 Å². The van der Waals surface area contributed by atoms with E-state index in [0.29, 0.717) is 12.4 Å². The minimum Gasteiger partial charge on any atom is -0.494 e. The number of hydrogen-bond donors (Lipinski definition) is 3. The summed E-state index contributed by atoms with van der Waals surface area (Å²) in [7, 11) is 0. The number of ether oxygens (including phenoxy) is 1. The molecular formula is C20H23N3O4. The van der Waals surface area contributed by atoms with E-state index in [1.165, 1.54) is 12.1 Å². The molecule has 0 spiro atoms. The van der Waals surface area contributed by atoms with Crippen molar-refractivity contribution in [2.45, 2.75) is 26.8 Å². The van der Waals surface area contributed by atoms with E-state index in [2.05, 4.69) is 5.32 Å². The van der Waals surface area contributed by atoms with Crippen LogP contribution in [-0.4, -0.2) is 24.3 Å². The summed E-state index contributed by atoms with van der Waals surface area (Å²) in [5.74, 6) is -2.08. The van der Waals surface area contributed by atoms with Gasteiger partial charge in [0.05, 0.1) is 18.2 Å². The molecule has 4 N–H and O–H groups in total. The molecule has 2 aromatic rings. The van der Waals surface area contributed by atoms with Crippen molar-refractivity contribution in [2.75, 3.05) is 12.3 Å². The third-order valence-corrected chi connectivity index (χ3v) is 3.92. The third-order valence-electron chi connectivity index (χ3n) is 3.92.